The number of nitrogens with zero attached hydrogens (tertiary/aromatic N) is 1. The average molecular weight is 276 g/mol. The van der Waals surface area contributed by atoms with Gasteiger partial charge < -0.3 is 10.5 Å². The van der Waals surface area contributed by atoms with Crippen molar-refractivity contribution in [3.63, 3.8) is 0 Å². The molecule has 0 bridgehead atoms. The van der Waals surface area contributed by atoms with Crippen LogP contribution in [-0.2, 0) is 6.61 Å². The first-order valence-electron chi connectivity index (χ1n) is 6.81. The Kier molecular flexibility index (Phi) is 3.83. The van der Waals surface area contributed by atoms with Crippen LogP contribution in [0.2, 0.25) is 0 Å². The fraction of sp³-hybridized carbons (Fsp3) is 0.0556. The van der Waals surface area contributed by atoms with Crippen LogP contribution in [0.4, 0.5) is 5.82 Å². The Morgan fingerprint density at radius 3 is 2.19 bits per heavy atom. The van der Waals surface area contributed by atoms with Crippen LogP contribution in [0.25, 0.3) is 11.1 Å². The molecule has 0 spiro atoms. The Labute approximate surface area is 124 Å². The molecule has 2 aromatic carbocycles. The zero-order valence-corrected chi connectivity index (χ0v) is 11.6. The topological polar surface area (TPSA) is 48.1 Å². The largest absolute Gasteiger partial charge is 0.473 e. The molecule has 0 saturated heterocycles. The molecule has 0 aliphatic carbocycles. The van der Waals surface area contributed by atoms with Crippen molar-refractivity contribution in [2.45, 2.75) is 6.61 Å². The standard InChI is InChI=1S/C18H16N2O/c19-17-11-16(15-9-5-2-6-10-15)12-18(20-17)21-13-14-7-3-1-4-8-14/h1-12H,13H2,(H2,19,20). The van der Waals surface area contributed by atoms with E-state index in [9.17, 15) is 0 Å². The van der Waals surface area contributed by atoms with Crippen LogP contribution in [0.1, 0.15) is 5.56 Å². The molecular formula is C18H16N2O. The Hall–Kier alpha value is -2.81. The number of hydrogen-bond donors (Lipinski definition) is 1. The lowest BCUT2D eigenvalue weighted by Crippen LogP contribution is -1.99. The molecule has 21 heavy (non-hydrogen) atoms. The van der Waals surface area contributed by atoms with Gasteiger partial charge in [0.1, 0.15) is 12.4 Å². The summed E-state index contributed by atoms with van der Waals surface area (Å²) in [5, 5.41) is 0. The van der Waals surface area contributed by atoms with Crippen LogP contribution in [0.3, 0.4) is 0 Å². The van der Waals surface area contributed by atoms with Gasteiger partial charge in [0.05, 0.1) is 0 Å². The quantitative estimate of drug-likeness (QED) is 0.786. The van der Waals surface area contributed by atoms with Crippen molar-refractivity contribution in [3.8, 4) is 17.0 Å². The summed E-state index contributed by atoms with van der Waals surface area (Å²) in [6, 6.07) is 23.8. The molecule has 0 aliphatic rings. The maximum atomic E-state index is 5.87. The fourth-order valence-electron chi connectivity index (χ4n) is 2.13. The number of nitrogen functional groups attached to an aromatic ring is 1. The first kappa shape index (κ1) is 13.2. The Morgan fingerprint density at radius 1 is 0.810 bits per heavy atom. The van der Waals surface area contributed by atoms with E-state index in [1.165, 1.54) is 0 Å². The van der Waals surface area contributed by atoms with Crippen molar-refractivity contribution in [2.24, 2.45) is 0 Å². The van der Waals surface area contributed by atoms with E-state index in [2.05, 4.69) is 4.98 Å². The van der Waals surface area contributed by atoms with Crippen molar-refractivity contribution in [2.75, 3.05) is 5.73 Å². The highest BCUT2D eigenvalue weighted by Gasteiger charge is 2.04. The van der Waals surface area contributed by atoms with E-state index in [1.807, 2.05) is 72.8 Å². The third-order valence-electron chi connectivity index (χ3n) is 3.16. The fourth-order valence-corrected chi connectivity index (χ4v) is 2.13. The van der Waals surface area contributed by atoms with Gasteiger partial charge in [0.25, 0.3) is 0 Å². The molecule has 0 fully saturated rings. The van der Waals surface area contributed by atoms with Gasteiger partial charge in [-0.25, -0.2) is 0 Å². The number of rotatable bonds is 4. The van der Waals surface area contributed by atoms with E-state index in [0.29, 0.717) is 18.3 Å². The molecule has 3 rings (SSSR count). The maximum absolute atomic E-state index is 5.87. The third kappa shape index (κ3) is 3.39. The molecule has 0 radical (unpaired) electrons. The van der Waals surface area contributed by atoms with Crippen LogP contribution in [0, 0.1) is 0 Å². The van der Waals surface area contributed by atoms with E-state index < -0.39 is 0 Å². The number of benzene rings is 2. The van der Waals surface area contributed by atoms with Gasteiger partial charge in [0.2, 0.25) is 5.88 Å². The predicted molar refractivity (Wildman–Crippen MR) is 84.9 cm³/mol. The van der Waals surface area contributed by atoms with E-state index in [4.69, 9.17) is 10.5 Å². The molecule has 0 unspecified atom stereocenters. The van der Waals surface area contributed by atoms with Crippen LogP contribution >= 0.6 is 0 Å². The number of aromatic nitrogens is 1. The third-order valence-corrected chi connectivity index (χ3v) is 3.16. The molecule has 2 N–H and O–H groups in total. The van der Waals surface area contributed by atoms with Crippen LogP contribution in [-0.4, -0.2) is 4.98 Å². The summed E-state index contributed by atoms with van der Waals surface area (Å²) < 4.78 is 5.74. The number of hydrogen-bond acceptors (Lipinski definition) is 3. The number of anilines is 1. The van der Waals surface area contributed by atoms with Crippen molar-refractivity contribution in [3.05, 3.63) is 78.4 Å². The first-order valence-corrected chi connectivity index (χ1v) is 6.81. The highest BCUT2D eigenvalue weighted by Crippen LogP contribution is 2.25. The van der Waals surface area contributed by atoms with Crippen LogP contribution < -0.4 is 10.5 Å². The zero-order chi connectivity index (χ0) is 14.5. The molecular weight excluding hydrogens is 260 g/mol. The first-order chi connectivity index (χ1) is 10.3. The summed E-state index contributed by atoms with van der Waals surface area (Å²) in [6.07, 6.45) is 0. The second-order valence-corrected chi connectivity index (χ2v) is 4.76. The van der Waals surface area contributed by atoms with Crippen molar-refractivity contribution in [1.29, 1.82) is 0 Å². The minimum absolute atomic E-state index is 0.458. The lowest BCUT2D eigenvalue weighted by Gasteiger charge is -2.09. The summed E-state index contributed by atoms with van der Waals surface area (Å²) in [6.45, 7) is 0.478. The number of nitrogens with two attached hydrogens (primary N) is 1. The molecule has 1 heterocycles. The SMILES string of the molecule is Nc1cc(-c2ccccc2)cc(OCc2ccccc2)n1. The normalized spacial score (nSPS) is 10.3. The molecule has 0 amide bonds. The second kappa shape index (κ2) is 6.09. The summed E-state index contributed by atoms with van der Waals surface area (Å²) in [7, 11) is 0. The van der Waals surface area contributed by atoms with Crippen LogP contribution in [0.15, 0.2) is 72.8 Å². The minimum Gasteiger partial charge on any atom is -0.473 e. The highest BCUT2D eigenvalue weighted by atomic mass is 16.5. The van der Waals surface area contributed by atoms with Gasteiger partial charge in [0.15, 0.2) is 0 Å². The Bertz CT molecular complexity index is 712. The summed E-state index contributed by atoms with van der Waals surface area (Å²) in [4.78, 5) is 4.23. The number of ether oxygens (including phenoxy) is 1. The lowest BCUT2D eigenvalue weighted by atomic mass is 10.1. The molecule has 0 aliphatic heterocycles. The molecule has 0 atom stereocenters. The lowest BCUT2D eigenvalue weighted by molar-refractivity contribution is 0.294. The van der Waals surface area contributed by atoms with Gasteiger partial charge in [-0.3, -0.25) is 0 Å². The summed E-state index contributed by atoms with van der Waals surface area (Å²) in [5.74, 6) is 0.997. The average Bonchev–Trinajstić information content (AvgIpc) is 2.54. The van der Waals surface area contributed by atoms with Crippen molar-refractivity contribution >= 4 is 5.82 Å². The Morgan fingerprint density at radius 2 is 1.48 bits per heavy atom. The molecule has 3 nitrogen and oxygen atoms in total. The Balaban J connectivity index is 1.82. The van der Waals surface area contributed by atoms with E-state index in [-0.39, 0.29) is 0 Å². The van der Waals surface area contributed by atoms with Gasteiger partial charge in [-0.1, -0.05) is 60.7 Å². The highest BCUT2D eigenvalue weighted by molar-refractivity contribution is 5.67. The molecule has 3 aromatic rings. The van der Waals surface area contributed by atoms with Gasteiger partial charge in [-0.2, -0.15) is 4.98 Å². The molecule has 3 heteroatoms. The maximum Gasteiger partial charge on any atom is 0.216 e. The van der Waals surface area contributed by atoms with Gasteiger partial charge in [0, 0.05) is 6.07 Å². The van der Waals surface area contributed by atoms with Crippen LogP contribution in [0.5, 0.6) is 5.88 Å². The zero-order valence-electron chi connectivity index (χ0n) is 11.6. The molecule has 1 aromatic heterocycles. The number of pyridine rings is 1. The summed E-state index contributed by atoms with van der Waals surface area (Å²) in [5.41, 5.74) is 9.07. The van der Waals surface area contributed by atoms with Gasteiger partial charge >= 0.3 is 0 Å². The van der Waals surface area contributed by atoms with Gasteiger partial charge in [-0.15, -0.1) is 0 Å². The second-order valence-electron chi connectivity index (χ2n) is 4.76. The van der Waals surface area contributed by atoms with E-state index in [1.54, 1.807) is 0 Å². The van der Waals surface area contributed by atoms with E-state index in [0.717, 1.165) is 16.7 Å². The predicted octanol–water partition coefficient (Wildman–Crippen LogP) is 3.91. The van der Waals surface area contributed by atoms with Crippen molar-refractivity contribution in [1.82, 2.24) is 4.98 Å². The minimum atomic E-state index is 0.458. The monoisotopic (exact) mass is 276 g/mol. The van der Waals surface area contributed by atoms with E-state index >= 15 is 0 Å². The summed E-state index contributed by atoms with van der Waals surface area (Å²) >= 11 is 0. The smallest absolute Gasteiger partial charge is 0.216 e. The van der Waals surface area contributed by atoms with Gasteiger partial charge in [-0.05, 0) is 22.8 Å². The molecule has 104 valence electrons. The van der Waals surface area contributed by atoms with Crippen molar-refractivity contribution < 1.29 is 4.74 Å². The molecule has 0 saturated carbocycles.